The molecule has 0 saturated carbocycles. The van der Waals surface area contributed by atoms with Gasteiger partial charge in [0.05, 0.1) is 0 Å². The maximum Gasteiger partial charge on any atom is 0.269 e. The first kappa shape index (κ1) is 20.6. The van der Waals surface area contributed by atoms with Crippen LogP contribution in [0.25, 0.3) is 0 Å². The Morgan fingerprint density at radius 2 is 1.85 bits per heavy atom. The van der Waals surface area contributed by atoms with Gasteiger partial charge in [0, 0.05) is 31.4 Å². The molecule has 6 nitrogen and oxygen atoms in total. The number of amides is 2. The second-order valence-corrected chi connectivity index (χ2v) is 6.65. The largest absolute Gasteiger partial charge is 0.351 e. The van der Waals surface area contributed by atoms with Gasteiger partial charge in [0.25, 0.3) is 11.8 Å². The van der Waals surface area contributed by atoms with E-state index in [2.05, 4.69) is 15.2 Å². The minimum absolute atomic E-state index is 0.106. The highest BCUT2D eigenvalue weighted by molar-refractivity contribution is 5.98. The molecule has 0 bridgehead atoms. The molecule has 1 aromatic heterocycles. The normalized spacial score (nSPS) is 10.7. The lowest BCUT2D eigenvalue weighted by Crippen LogP contribution is -2.31. The van der Waals surface area contributed by atoms with E-state index in [4.69, 9.17) is 0 Å². The Morgan fingerprint density at radius 3 is 2.52 bits per heavy atom. The molecule has 0 aliphatic carbocycles. The summed E-state index contributed by atoms with van der Waals surface area (Å²) in [6.45, 7) is 4.54. The van der Waals surface area contributed by atoms with Gasteiger partial charge in [-0.1, -0.05) is 30.3 Å². The van der Waals surface area contributed by atoms with Crippen LogP contribution in [0.3, 0.4) is 0 Å². The van der Waals surface area contributed by atoms with Crippen LogP contribution in [0, 0.1) is 0 Å². The topological polar surface area (TPSA) is 65.5 Å². The van der Waals surface area contributed by atoms with E-state index in [1.807, 2.05) is 51.4 Å². The van der Waals surface area contributed by atoms with E-state index in [0.717, 1.165) is 18.5 Å². The van der Waals surface area contributed by atoms with Crippen molar-refractivity contribution in [2.75, 3.05) is 33.7 Å². The number of rotatable bonds is 9. The molecule has 2 rings (SSSR count). The lowest BCUT2D eigenvalue weighted by atomic mass is 10.1. The number of benzene rings is 1. The lowest BCUT2D eigenvalue weighted by molar-refractivity contribution is 0.0752. The summed E-state index contributed by atoms with van der Waals surface area (Å²) in [5.41, 5.74) is 1.81. The van der Waals surface area contributed by atoms with Gasteiger partial charge in [-0.2, -0.15) is 0 Å². The quantitative estimate of drug-likeness (QED) is 0.691. The molecular formula is C21H28N4O2. The van der Waals surface area contributed by atoms with Crippen LogP contribution in [-0.4, -0.2) is 60.3 Å². The highest BCUT2D eigenvalue weighted by atomic mass is 16.2. The van der Waals surface area contributed by atoms with Crippen molar-refractivity contribution in [3.63, 3.8) is 0 Å². The number of carbonyl (C=O) groups is 2. The minimum atomic E-state index is -0.255. The average molecular weight is 368 g/mol. The molecule has 0 aliphatic rings. The molecule has 27 heavy (non-hydrogen) atoms. The van der Waals surface area contributed by atoms with Crippen LogP contribution in [0.1, 0.15) is 39.8 Å². The molecule has 0 unspecified atom stereocenters. The zero-order chi connectivity index (χ0) is 19.6. The molecule has 0 fully saturated rings. The standard InChI is InChI=1S/C21H28N4O2/c1-4-25(16-17-9-6-5-7-10-17)21(27)18-11-13-22-19(15-18)20(26)23-12-8-14-24(2)3/h5-7,9-11,13,15H,4,8,12,14,16H2,1-3H3,(H,23,26). The minimum Gasteiger partial charge on any atom is -0.351 e. The Morgan fingerprint density at radius 1 is 1.11 bits per heavy atom. The van der Waals surface area contributed by atoms with Gasteiger partial charge < -0.3 is 15.1 Å². The van der Waals surface area contributed by atoms with Crippen LogP contribution in [-0.2, 0) is 6.54 Å². The van der Waals surface area contributed by atoms with Gasteiger partial charge in [0.15, 0.2) is 0 Å². The summed E-state index contributed by atoms with van der Waals surface area (Å²) in [6, 6.07) is 13.1. The highest BCUT2D eigenvalue weighted by Crippen LogP contribution is 2.11. The zero-order valence-electron chi connectivity index (χ0n) is 16.3. The predicted octanol–water partition coefficient (Wildman–Crippen LogP) is 2.43. The van der Waals surface area contributed by atoms with Crippen molar-refractivity contribution in [2.24, 2.45) is 0 Å². The Bertz CT molecular complexity index is 747. The van der Waals surface area contributed by atoms with E-state index < -0.39 is 0 Å². The SMILES string of the molecule is CCN(Cc1ccccc1)C(=O)c1ccnc(C(=O)NCCCN(C)C)c1. The van der Waals surface area contributed by atoms with Crippen LogP contribution in [0.5, 0.6) is 0 Å². The summed E-state index contributed by atoms with van der Waals surface area (Å²) >= 11 is 0. The van der Waals surface area contributed by atoms with Crippen molar-refractivity contribution in [1.82, 2.24) is 20.1 Å². The maximum atomic E-state index is 12.9. The Kier molecular flexibility index (Phi) is 7.95. The number of carbonyl (C=O) groups excluding carboxylic acids is 2. The third-order valence-corrected chi connectivity index (χ3v) is 4.19. The van der Waals surface area contributed by atoms with Gasteiger partial charge in [0.1, 0.15) is 5.69 Å². The van der Waals surface area contributed by atoms with Crippen LogP contribution >= 0.6 is 0 Å². The molecule has 0 spiro atoms. The van der Waals surface area contributed by atoms with E-state index in [9.17, 15) is 9.59 Å². The Balaban J connectivity index is 2.01. The molecule has 1 N–H and O–H groups in total. The Labute approximate surface area is 161 Å². The fourth-order valence-electron chi connectivity index (χ4n) is 2.69. The van der Waals surface area contributed by atoms with Crippen molar-refractivity contribution in [3.05, 3.63) is 65.5 Å². The summed E-state index contributed by atoms with van der Waals surface area (Å²) in [4.78, 5) is 33.1. The molecule has 2 amide bonds. The van der Waals surface area contributed by atoms with E-state index in [1.165, 1.54) is 6.20 Å². The molecule has 0 saturated heterocycles. The molecule has 0 atom stereocenters. The van der Waals surface area contributed by atoms with E-state index >= 15 is 0 Å². The van der Waals surface area contributed by atoms with Gasteiger partial charge >= 0.3 is 0 Å². The number of hydrogen-bond donors (Lipinski definition) is 1. The summed E-state index contributed by atoms with van der Waals surface area (Å²) < 4.78 is 0. The number of nitrogens with one attached hydrogen (secondary N) is 1. The molecule has 144 valence electrons. The highest BCUT2D eigenvalue weighted by Gasteiger charge is 2.17. The van der Waals surface area contributed by atoms with Gasteiger partial charge in [-0.15, -0.1) is 0 Å². The fraction of sp³-hybridized carbons (Fsp3) is 0.381. The van der Waals surface area contributed by atoms with Crippen molar-refractivity contribution in [2.45, 2.75) is 19.9 Å². The molecule has 2 aromatic rings. The van der Waals surface area contributed by atoms with Crippen LogP contribution < -0.4 is 5.32 Å². The zero-order valence-corrected chi connectivity index (χ0v) is 16.3. The first-order chi connectivity index (χ1) is 13.0. The summed E-state index contributed by atoms with van der Waals surface area (Å²) in [6.07, 6.45) is 2.37. The summed E-state index contributed by atoms with van der Waals surface area (Å²) in [7, 11) is 3.99. The van der Waals surface area contributed by atoms with E-state index in [0.29, 0.717) is 25.2 Å². The molecule has 6 heteroatoms. The van der Waals surface area contributed by atoms with Crippen LogP contribution in [0.4, 0.5) is 0 Å². The molecule has 1 aromatic carbocycles. The molecule has 0 aliphatic heterocycles. The van der Waals surface area contributed by atoms with Crippen molar-refractivity contribution in [1.29, 1.82) is 0 Å². The van der Waals surface area contributed by atoms with Crippen LogP contribution in [0.2, 0.25) is 0 Å². The molecule has 1 heterocycles. The number of nitrogens with zero attached hydrogens (tertiary/aromatic N) is 3. The number of hydrogen-bond acceptors (Lipinski definition) is 4. The maximum absolute atomic E-state index is 12.9. The smallest absolute Gasteiger partial charge is 0.269 e. The number of pyridine rings is 1. The second kappa shape index (κ2) is 10.4. The molecular weight excluding hydrogens is 340 g/mol. The van der Waals surface area contributed by atoms with Crippen molar-refractivity contribution >= 4 is 11.8 Å². The van der Waals surface area contributed by atoms with Crippen molar-refractivity contribution < 1.29 is 9.59 Å². The third kappa shape index (κ3) is 6.49. The van der Waals surface area contributed by atoms with E-state index in [-0.39, 0.29) is 17.5 Å². The van der Waals surface area contributed by atoms with Gasteiger partial charge in [-0.3, -0.25) is 14.6 Å². The first-order valence-corrected chi connectivity index (χ1v) is 9.23. The summed E-state index contributed by atoms with van der Waals surface area (Å²) in [5.74, 6) is -0.361. The molecule has 0 radical (unpaired) electrons. The average Bonchev–Trinajstić information content (AvgIpc) is 2.69. The predicted molar refractivity (Wildman–Crippen MR) is 107 cm³/mol. The Hall–Kier alpha value is -2.73. The first-order valence-electron chi connectivity index (χ1n) is 9.23. The summed E-state index contributed by atoms with van der Waals surface area (Å²) in [5, 5.41) is 2.85. The number of aromatic nitrogens is 1. The lowest BCUT2D eigenvalue weighted by Gasteiger charge is -2.21. The van der Waals surface area contributed by atoms with Gasteiger partial charge in [-0.25, -0.2) is 0 Å². The van der Waals surface area contributed by atoms with Crippen LogP contribution in [0.15, 0.2) is 48.7 Å². The third-order valence-electron chi connectivity index (χ3n) is 4.19. The monoisotopic (exact) mass is 368 g/mol. The second-order valence-electron chi connectivity index (χ2n) is 6.65. The fourth-order valence-corrected chi connectivity index (χ4v) is 2.69. The van der Waals surface area contributed by atoms with Gasteiger partial charge in [-0.05, 0) is 51.7 Å². The van der Waals surface area contributed by atoms with Crippen molar-refractivity contribution in [3.8, 4) is 0 Å². The van der Waals surface area contributed by atoms with E-state index in [1.54, 1.807) is 17.0 Å². The van der Waals surface area contributed by atoms with Gasteiger partial charge in [0.2, 0.25) is 0 Å².